The Kier molecular flexibility index (Phi) is 5.76. The molecule has 1 N–H and O–H groups in total. The lowest BCUT2D eigenvalue weighted by Gasteiger charge is -2.21. The lowest BCUT2D eigenvalue weighted by atomic mass is 9.99. The van der Waals surface area contributed by atoms with Gasteiger partial charge in [-0.25, -0.2) is 4.79 Å². The fourth-order valence-corrected chi connectivity index (χ4v) is 3.23. The molecule has 0 unspecified atom stereocenters. The summed E-state index contributed by atoms with van der Waals surface area (Å²) in [6.45, 7) is 5.35. The first kappa shape index (κ1) is 16.0. The SMILES string of the molecule is CCOC(=O)c1cc(CC)sc1NC(=O)C1CCOCC1. The third-order valence-corrected chi connectivity index (χ3v) is 4.65. The third kappa shape index (κ3) is 4.04. The van der Waals surface area contributed by atoms with Crippen LogP contribution in [0.25, 0.3) is 0 Å². The fraction of sp³-hybridized carbons (Fsp3) is 0.600. The molecule has 0 radical (unpaired) electrons. The second-order valence-corrected chi connectivity index (χ2v) is 6.04. The van der Waals surface area contributed by atoms with E-state index in [2.05, 4.69) is 5.32 Å². The molecule has 1 aliphatic rings. The maximum Gasteiger partial charge on any atom is 0.341 e. The van der Waals surface area contributed by atoms with Gasteiger partial charge in [-0.15, -0.1) is 11.3 Å². The molecule has 1 aromatic heterocycles. The highest BCUT2D eigenvalue weighted by atomic mass is 32.1. The van der Waals surface area contributed by atoms with Crippen molar-refractivity contribution in [2.45, 2.75) is 33.1 Å². The van der Waals surface area contributed by atoms with Crippen LogP contribution in [0.15, 0.2) is 6.07 Å². The van der Waals surface area contributed by atoms with Crippen molar-refractivity contribution in [3.63, 3.8) is 0 Å². The number of carbonyl (C=O) groups excluding carboxylic acids is 2. The number of amides is 1. The van der Waals surface area contributed by atoms with E-state index < -0.39 is 0 Å². The van der Waals surface area contributed by atoms with Crippen molar-refractivity contribution in [1.82, 2.24) is 0 Å². The molecule has 21 heavy (non-hydrogen) atoms. The van der Waals surface area contributed by atoms with Gasteiger partial charge in [-0.05, 0) is 32.3 Å². The fourth-order valence-electron chi connectivity index (χ4n) is 2.24. The van der Waals surface area contributed by atoms with Gasteiger partial charge in [0.15, 0.2) is 0 Å². The quantitative estimate of drug-likeness (QED) is 0.849. The minimum Gasteiger partial charge on any atom is -0.462 e. The number of anilines is 1. The van der Waals surface area contributed by atoms with Crippen LogP contribution in [0.1, 0.15) is 41.9 Å². The van der Waals surface area contributed by atoms with E-state index in [9.17, 15) is 9.59 Å². The first-order valence-electron chi connectivity index (χ1n) is 7.34. The monoisotopic (exact) mass is 311 g/mol. The highest BCUT2D eigenvalue weighted by molar-refractivity contribution is 7.16. The summed E-state index contributed by atoms with van der Waals surface area (Å²) >= 11 is 1.44. The maximum atomic E-state index is 12.3. The van der Waals surface area contributed by atoms with Crippen molar-refractivity contribution >= 4 is 28.2 Å². The van der Waals surface area contributed by atoms with Gasteiger partial charge in [0.25, 0.3) is 0 Å². The van der Waals surface area contributed by atoms with E-state index >= 15 is 0 Å². The summed E-state index contributed by atoms with van der Waals surface area (Å²) in [5.41, 5.74) is 0.458. The number of nitrogens with one attached hydrogen (secondary N) is 1. The molecule has 116 valence electrons. The van der Waals surface area contributed by atoms with Crippen LogP contribution >= 0.6 is 11.3 Å². The van der Waals surface area contributed by atoms with Crippen LogP contribution in [-0.2, 0) is 20.7 Å². The third-order valence-electron chi connectivity index (χ3n) is 3.46. The highest BCUT2D eigenvalue weighted by Crippen LogP contribution is 2.30. The van der Waals surface area contributed by atoms with E-state index in [4.69, 9.17) is 9.47 Å². The topological polar surface area (TPSA) is 64.6 Å². The van der Waals surface area contributed by atoms with Gasteiger partial charge in [0.1, 0.15) is 5.00 Å². The summed E-state index contributed by atoms with van der Waals surface area (Å²) in [5, 5.41) is 3.50. The summed E-state index contributed by atoms with van der Waals surface area (Å²) in [4.78, 5) is 25.3. The lowest BCUT2D eigenvalue weighted by molar-refractivity contribution is -0.122. The van der Waals surface area contributed by atoms with Crippen LogP contribution in [0.4, 0.5) is 5.00 Å². The largest absolute Gasteiger partial charge is 0.462 e. The normalized spacial score (nSPS) is 15.7. The Hall–Kier alpha value is -1.40. The van der Waals surface area contributed by atoms with E-state index in [1.165, 1.54) is 11.3 Å². The number of rotatable bonds is 5. The van der Waals surface area contributed by atoms with Crippen molar-refractivity contribution in [1.29, 1.82) is 0 Å². The van der Waals surface area contributed by atoms with Gasteiger partial charge in [-0.1, -0.05) is 6.92 Å². The van der Waals surface area contributed by atoms with Gasteiger partial charge in [0.2, 0.25) is 5.91 Å². The Bertz CT molecular complexity index is 506. The van der Waals surface area contributed by atoms with E-state index in [-0.39, 0.29) is 17.8 Å². The Labute approximate surface area is 128 Å². The molecule has 1 aromatic rings. The Morgan fingerprint density at radius 2 is 2.10 bits per heavy atom. The van der Waals surface area contributed by atoms with Crippen molar-refractivity contribution < 1.29 is 19.1 Å². The highest BCUT2D eigenvalue weighted by Gasteiger charge is 2.24. The first-order chi connectivity index (χ1) is 10.2. The lowest BCUT2D eigenvalue weighted by Crippen LogP contribution is -2.28. The minimum atomic E-state index is -0.379. The molecule has 1 fully saturated rings. The predicted octanol–water partition coefficient (Wildman–Crippen LogP) is 2.85. The van der Waals surface area contributed by atoms with E-state index in [1.54, 1.807) is 6.92 Å². The molecular formula is C15H21NO4S. The minimum absolute atomic E-state index is 0.0339. The number of ether oxygens (including phenoxy) is 2. The van der Waals surface area contributed by atoms with Crippen LogP contribution in [0.2, 0.25) is 0 Å². The van der Waals surface area contributed by atoms with Gasteiger partial charge in [0, 0.05) is 24.0 Å². The number of thiophene rings is 1. The predicted molar refractivity (Wildman–Crippen MR) is 81.8 cm³/mol. The molecule has 2 rings (SSSR count). The van der Waals surface area contributed by atoms with Crippen molar-refractivity contribution in [3.8, 4) is 0 Å². The molecule has 0 aromatic carbocycles. The molecule has 0 atom stereocenters. The van der Waals surface area contributed by atoms with Crippen LogP contribution in [0.3, 0.4) is 0 Å². The average molecular weight is 311 g/mol. The van der Waals surface area contributed by atoms with Crippen LogP contribution in [-0.4, -0.2) is 31.7 Å². The standard InChI is InChI=1S/C15H21NO4S/c1-3-11-9-12(15(18)20-4-2)14(21-11)16-13(17)10-5-7-19-8-6-10/h9-10H,3-8H2,1-2H3,(H,16,17). The van der Waals surface area contributed by atoms with Crippen LogP contribution < -0.4 is 5.32 Å². The summed E-state index contributed by atoms with van der Waals surface area (Å²) in [6, 6.07) is 1.81. The van der Waals surface area contributed by atoms with Crippen molar-refractivity contribution in [2.75, 3.05) is 25.1 Å². The second-order valence-electron chi connectivity index (χ2n) is 4.91. The molecule has 5 nitrogen and oxygen atoms in total. The number of carbonyl (C=O) groups is 2. The van der Waals surface area contributed by atoms with Crippen molar-refractivity contribution in [2.24, 2.45) is 5.92 Å². The zero-order valence-electron chi connectivity index (χ0n) is 12.4. The van der Waals surface area contributed by atoms with Gasteiger partial charge in [-0.3, -0.25) is 4.79 Å². The Balaban J connectivity index is 2.12. The van der Waals surface area contributed by atoms with Crippen LogP contribution in [0.5, 0.6) is 0 Å². The van der Waals surface area contributed by atoms with E-state index in [1.807, 2.05) is 13.0 Å². The maximum absolute atomic E-state index is 12.3. The summed E-state index contributed by atoms with van der Waals surface area (Å²) in [5.74, 6) is -0.454. The van der Waals surface area contributed by atoms with Crippen LogP contribution in [0, 0.1) is 5.92 Å². The molecule has 0 spiro atoms. The summed E-state index contributed by atoms with van der Waals surface area (Å²) in [6.07, 6.45) is 2.28. The Morgan fingerprint density at radius 3 is 2.71 bits per heavy atom. The van der Waals surface area contributed by atoms with Gasteiger partial charge < -0.3 is 14.8 Å². The number of hydrogen-bond acceptors (Lipinski definition) is 5. The molecule has 0 bridgehead atoms. The van der Waals surface area contributed by atoms with E-state index in [0.717, 1.165) is 24.1 Å². The van der Waals surface area contributed by atoms with Crippen molar-refractivity contribution in [3.05, 3.63) is 16.5 Å². The molecule has 1 amide bonds. The molecule has 1 aliphatic heterocycles. The smallest absolute Gasteiger partial charge is 0.341 e. The average Bonchev–Trinajstić information content (AvgIpc) is 2.91. The molecule has 0 aliphatic carbocycles. The molecule has 2 heterocycles. The summed E-state index contributed by atoms with van der Waals surface area (Å²) in [7, 11) is 0. The molecular weight excluding hydrogens is 290 g/mol. The zero-order chi connectivity index (χ0) is 15.2. The Morgan fingerprint density at radius 1 is 1.38 bits per heavy atom. The number of hydrogen-bond donors (Lipinski definition) is 1. The number of esters is 1. The summed E-state index contributed by atoms with van der Waals surface area (Å²) < 4.78 is 10.3. The second kappa shape index (κ2) is 7.56. The van der Waals surface area contributed by atoms with Gasteiger partial charge in [0.05, 0.1) is 12.2 Å². The molecule has 1 saturated heterocycles. The van der Waals surface area contributed by atoms with Gasteiger partial charge >= 0.3 is 5.97 Å². The van der Waals surface area contributed by atoms with E-state index in [0.29, 0.717) is 30.4 Å². The molecule has 6 heteroatoms. The molecule has 0 saturated carbocycles. The van der Waals surface area contributed by atoms with Gasteiger partial charge in [-0.2, -0.15) is 0 Å². The first-order valence-corrected chi connectivity index (χ1v) is 8.15. The number of aryl methyl sites for hydroxylation is 1. The zero-order valence-corrected chi connectivity index (χ0v) is 13.3.